The van der Waals surface area contributed by atoms with Crippen LogP contribution in [-0.4, -0.2) is 50.6 Å². The van der Waals surface area contributed by atoms with Gasteiger partial charge in [-0.3, -0.25) is 0 Å². The van der Waals surface area contributed by atoms with Crippen LogP contribution in [0.1, 0.15) is 23.4 Å². The summed E-state index contributed by atoms with van der Waals surface area (Å²) in [6.45, 7) is 0.862. The largest absolute Gasteiger partial charge is 0.475 e. The fourth-order valence-corrected chi connectivity index (χ4v) is 3.73. The third-order valence-corrected chi connectivity index (χ3v) is 5.40. The summed E-state index contributed by atoms with van der Waals surface area (Å²) >= 11 is 2.92. The van der Waals surface area contributed by atoms with Gasteiger partial charge in [0.1, 0.15) is 4.90 Å². The molecule has 1 aromatic rings. The molecule has 9 heteroatoms. The zero-order chi connectivity index (χ0) is 14.9. The van der Waals surface area contributed by atoms with Gasteiger partial charge in [0.25, 0.3) is 0 Å². The quantitative estimate of drug-likeness (QED) is 0.749. The Morgan fingerprint density at radius 3 is 2.75 bits per heavy atom. The molecule has 20 heavy (non-hydrogen) atoms. The van der Waals surface area contributed by atoms with E-state index in [0.717, 1.165) is 18.9 Å². The zero-order valence-electron chi connectivity index (χ0n) is 10.8. The molecule has 0 radical (unpaired) electrons. The van der Waals surface area contributed by atoms with Crippen LogP contribution in [0.25, 0.3) is 0 Å². The molecule has 0 unspecified atom stereocenters. The van der Waals surface area contributed by atoms with Crippen molar-refractivity contribution in [2.75, 3.05) is 20.1 Å². The summed E-state index contributed by atoms with van der Waals surface area (Å²) in [6, 6.07) is 1.54. The van der Waals surface area contributed by atoms with Gasteiger partial charge in [-0.05, 0) is 35.8 Å². The van der Waals surface area contributed by atoms with Crippen LogP contribution in [0.2, 0.25) is 0 Å². The van der Waals surface area contributed by atoms with Crippen molar-refractivity contribution in [1.82, 2.24) is 9.62 Å². The van der Waals surface area contributed by atoms with E-state index in [1.54, 1.807) is 0 Å². The molecule has 1 heterocycles. The number of halogens is 1. The van der Waals surface area contributed by atoms with Crippen molar-refractivity contribution in [3.8, 4) is 0 Å². The average Bonchev–Trinajstić information content (AvgIpc) is 3.11. The lowest BCUT2D eigenvalue weighted by molar-refractivity contribution is 0.0661. The highest BCUT2D eigenvalue weighted by Crippen LogP contribution is 2.26. The average molecular weight is 367 g/mol. The fraction of sp³-hybridized carbons (Fsp3) is 0.545. The van der Waals surface area contributed by atoms with E-state index in [-0.39, 0.29) is 16.1 Å². The molecule has 112 valence electrons. The summed E-state index contributed by atoms with van der Waals surface area (Å²) in [5.41, 5.74) is 0. The lowest BCUT2D eigenvalue weighted by atomic mass is 10.5. The number of carbonyl (C=O) groups is 1. The van der Waals surface area contributed by atoms with Gasteiger partial charge in [-0.25, -0.2) is 17.9 Å². The second kappa shape index (κ2) is 5.84. The number of furan rings is 1. The normalized spacial score (nSPS) is 15.8. The van der Waals surface area contributed by atoms with Crippen LogP contribution in [0, 0.1) is 0 Å². The van der Waals surface area contributed by atoms with E-state index < -0.39 is 21.8 Å². The van der Waals surface area contributed by atoms with Gasteiger partial charge in [-0.1, -0.05) is 0 Å². The standard InChI is InChI=1S/C11H15BrN2O5S/c1-14(7-2-3-7)5-4-13-20(17,18)9-6-8(11(15)16)19-10(9)12/h6-7,13H,2-5H2,1H3,(H,15,16). The van der Waals surface area contributed by atoms with Gasteiger partial charge >= 0.3 is 5.97 Å². The predicted octanol–water partition coefficient (Wildman–Crippen LogP) is 1.11. The van der Waals surface area contributed by atoms with Crippen LogP contribution in [0.4, 0.5) is 0 Å². The maximum atomic E-state index is 12.0. The number of hydrogen-bond acceptors (Lipinski definition) is 5. The van der Waals surface area contributed by atoms with Gasteiger partial charge in [0.05, 0.1) is 0 Å². The molecule has 2 N–H and O–H groups in total. The Morgan fingerprint density at radius 1 is 1.60 bits per heavy atom. The van der Waals surface area contributed by atoms with E-state index in [2.05, 4.69) is 25.6 Å². The van der Waals surface area contributed by atoms with E-state index in [1.807, 2.05) is 7.05 Å². The maximum Gasteiger partial charge on any atom is 0.371 e. The molecule has 0 amide bonds. The summed E-state index contributed by atoms with van der Waals surface area (Å²) in [4.78, 5) is 12.6. The molecule has 0 saturated heterocycles. The second-order valence-corrected chi connectivity index (χ2v) is 7.12. The van der Waals surface area contributed by atoms with Crippen molar-refractivity contribution in [3.05, 3.63) is 16.5 Å². The highest BCUT2D eigenvalue weighted by molar-refractivity contribution is 9.10. The van der Waals surface area contributed by atoms with Crippen molar-refractivity contribution >= 4 is 31.9 Å². The Bertz CT molecular complexity index is 608. The van der Waals surface area contributed by atoms with Crippen LogP contribution in [0.5, 0.6) is 0 Å². The van der Waals surface area contributed by atoms with Crippen molar-refractivity contribution in [1.29, 1.82) is 0 Å². The van der Waals surface area contributed by atoms with E-state index in [1.165, 1.54) is 0 Å². The molecule has 0 bridgehead atoms. The van der Waals surface area contributed by atoms with Crippen molar-refractivity contribution in [2.24, 2.45) is 0 Å². The minimum Gasteiger partial charge on any atom is -0.475 e. The predicted molar refractivity (Wildman–Crippen MR) is 74.2 cm³/mol. The van der Waals surface area contributed by atoms with Crippen LogP contribution >= 0.6 is 15.9 Å². The number of likely N-dealkylation sites (N-methyl/N-ethyl adjacent to an activating group) is 1. The van der Waals surface area contributed by atoms with Gasteiger partial charge in [-0.15, -0.1) is 0 Å². The number of nitrogens with one attached hydrogen (secondary N) is 1. The third kappa shape index (κ3) is 3.60. The van der Waals surface area contributed by atoms with E-state index in [4.69, 9.17) is 9.52 Å². The van der Waals surface area contributed by atoms with Crippen LogP contribution in [-0.2, 0) is 10.0 Å². The highest BCUT2D eigenvalue weighted by atomic mass is 79.9. The van der Waals surface area contributed by atoms with E-state index in [0.29, 0.717) is 12.6 Å². The number of carboxylic acid groups (broad SMARTS) is 1. The molecule has 0 aromatic carbocycles. The molecular weight excluding hydrogens is 352 g/mol. The van der Waals surface area contributed by atoms with Crippen LogP contribution in [0.3, 0.4) is 0 Å². The lowest BCUT2D eigenvalue weighted by Gasteiger charge is -2.15. The van der Waals surface area contributed by atoms with Crippen LogP contribution in [0.15, 0.2) is 20.0 Å². The zero-order valence-corrected chi connectivity index (χ0v) is 13.2. The lowest BCUT2D eigenvalue weighted by Crippen LogP contribution is -2.33. The summed E-state index contributed by atoms with van der Waals surface area (Å²) < 4.78 is 31.2. The molecule has 1 saturated carbocycles. The Labute approximate surface area is 125 Å². The van der Waals surface area contributed by atoms with Crippen molar-refractivity contribution < 1.29 is 22.7 Å². The van der Waals surface area contributed by atoms with Gasteiger partial charge in [-0.2, -0.15) is 0 Å². The maximum absolute atomic E-state index is 12.0. The van der Waals surface area contributed by atoms with Gasteiger partial charge in [0, 0.05) is 25.2 Å². The Balaban J connectivity index is 2.00. The summed E-state index contributed by atoms with van der Waals surface area (Å²) in [5, 5.41) is 8.77. The summed E-state index contributed by atoms with van der Waals surface area (Å²) in [6.07, 6.45) is 2.30. The topological polar surface area (TPSA) is 99.9 Å². The first kappa shape index (κ1) is 15.5. The molecule has 1 fully saturated rings. The molecule has 1 aliphatic rings. The molecule has 7 nitrogen and oxygen atoms in total. The van der Waals surface area contributed by atoms with Crippen molar-refractivity contribution in [2.45, 2.75) is 23.8 Å². The monoisotopic (exact) mass is 366 g/mol. The smallest absolute Gasteiger partial charge is 0.371 e. The second-order valence-electron chi connectivity index (χ2n) is 4.66. The first-order valence-electron chi connectivity index (χ1n) is 6.04. The van der Waals surface area contributed by atoms with E-state index in [9.17, 15) is 13.2 Å². The molecule has 1 aromatic heterocycles. The number of hydrogen-bond donors (Lipinski definition) is 2. The SMILES string of the molecule is CN(CCNS(=O)(=O)c1cc(C(=O)O)oc1Br)C1CC1. The summed E-state index contributed by atoms with van der Waals surface area (Å²) in [5.74, 6) is -1.74. The number of rotatable bonds is 7. The van der Waals surface area contributed by atoms with Crippen LogP contribution < -0.4 is 4.72 Å². The first-order chi connectivity index (χ1) is 9.31. The van der Waals surface area contributed by atoms with Gasteiger partial charge < -0.3 is 14.4 Å². The van der Waals surface area contributed by atoms with Gasteiger partial charge in [0.15, 0.2) is 4.67 Å². The van der Waals surface area contributed by atoms with E-state index >= 15 is 0 Å². The molecule has 0 atom stereocenters. The molecule has 2 rings (SSSR count). The number of nitrogens with zero attached hydrogens (tertiary/aromatic N) is 1. The molecule has 0 aliphatic heterocycles. The number of carboxylic acids is 1. The number of sulfonamides is 1. The molecule has 1 aliphatic carbocycles. The first-order valence-corrected chi connectivity index (χ1v) is 8.31. The van der Waals surface area contributed by atoms with Crippen molar-refractivity contribution in [3.63, 3.8) is 0 Å². The Morgan fingerprint density at radius 2 is 2.25 bits per heavy atom. The molecular formula is C11H15BrN2O5S. The fourth-order valence-electron chi connectivity index (χ4n) is 1.77. The minimum atomic E-state index is -3.79. The number of aromatic carboxylic acids is 1. The third-order valence-electron chi connectivity index (χ3n) is 3.08. The highest BCUT2D eigenvalue weighted by Gasteiger charge is 2.27. The Hall–Kier alpha value is -0.900. The van der Waals surface area contributed by atoms with Gasteiger partial charge in [0.2, 0.25) is 15.8 Å². The molecule has 0 spiro atoms. The Kier molecular flexibility index (Phi) is 4.52. The summed E-state index contributed by atoms with van der Waals surface area (Å²) in [7, 11) is -1.84. The minimum absolute atomic E-state index is 0.113.